The molecule has 1 fully saturated rings. The summed E-state index contributed by atoms with van der Waals surface area (Å²) in [6, 6.07) is 1.89. The van der Waals surface area contributed by atoms with Crippen molar-refractivity contribution < 1.29 is 4.79 Å². The molecule has 1 unspecified atom stereocenters. The van der Waals surface area contributed by atoms with Crippen LogP contribution in [0.15, 0.2) is 11.4 Å². The molecule has 18 heavy (non-hydrogen) atoms. The molecule has 3 heterocycles. The third-order valence-electron chi connectivity index (χ3n) is 2.94. The fourth-order valence-corrected chi connectivity index (χ4v) is 3.53. The summed E-state index contributed by atoms with van der Waals surface area (Å²) in [5.41, 5.74) is 0.796. The van der Waals surface area contributed by atoms with Crippen LogP contribution in [0.25, 0.3) is 10.2 Å². The first-order chi connectivity index (χ1) is 8.69. The molecule has 0 aromatic carbocycles. The number of carbonyl (C=O) groups is 1. The molecule has 7 heteroatoms. The largest absolute Gasteiger partial charge is 0.295 e. The number of anilines is 1. The molecule has 2 aromatic heterocycles. The molecule has 0 aliphatic carbocycles. The highest BCUT2D eigenvalue weighted by Crippen LogP contribution is 2.33. The Balaban J connectivity index is 2.09. The van der Waals surface area contributed by atoms with Gasteiger partial charge < -0.3 is 0 Å². The zero-order chi connectivity index (χ0) is 12.7. The molecular formula is C11H9BrClN3OS. The van der Waals surface area contributed by atoms with Crippen molar-refractivity contribution in [2.45, 2.75) is 6.42 Å². The quantitative estimate of drug-likeness (QED) is 0.620. The number of amides is 1. The lowest BCUT2D eigenvalue weighted by Crippen LogP contribution is -2.26. The molecule has 1 atom stereocenters. The van der Waals surface area contributed by atoms with Gasteiger partial charge in [0.15, 0.2) is 5.82 Å². The maximum Gasteiger partial charge on any atom is 0.228 e. The van der Waals surface area contributed by atoms with Crippen LogP contribution in [-0.2, 0) is 4.79 Å². The second-order valence-electron chi connectivity index (χ2n) is 4.18. The van der Waals surface area contributed by atoms with E-state index in [1.54, 1.807) is 4.90 Å². The van der Waals surface area contributed by atoms with E-state index in [4.69, 9.17) is 11.6 Å². The first-order valence-corrected chi connectivity index (χ1v) is 7.84. The average molecular weight is 347 g/mol. The van der Waals surface area contributed by atoms with E-state index in [2.05, 4.69) is 25.9 Å². The summed E-state index contributed by atoms with van der Waals surface area (Å²) in [4.78, 5) is 22.1. The molecule has 0 spiro atoms. The van der Waals surface area contributed by atoms with Crippen LogP contribution < -0.4 is 4.90 Å². The second kappa shape index (κ2) is 4.75. The van der Waals surface area contributed by atoms with E-state index in [0.717, 1.165) is 15.5 Å². The number of hydrogen-bond donors (Lipinski definition) is 0. The van der Waals surface area contributed by atoms with Gasteiger partial charge in [0.25, 0.3) is 0 Å². The Bertz CT molecular complexity index is 617. The van der Waals surface area contributed by atoms with E-state index in [1.807, 2.05) is 11.4 Å². The van der Waals surface area contributed by atoms with Crippen molar-refractivity contribution in [1.82, 2.24) is 9.97 Å². The summed E-state index contributed by atoms with van der Waals surface area (Å²) in [5.74, 6) is 1.08. The summed E-state index contributed by atoms with van der Waals surface area (Å²) in [5, 5.41) is 2.94. The maximum absolute atomic E-state index is 12.0. The Morgan fingerprint density at radius 2 is 2.39 bits per heavy atom. The van der Waals surface area contributed by atoms with Gasteiger partial charge in [-0.2, -0.15) is 4.98 Å². The number of fused-ring (bicyclic) bond motifs is 1. The molecule has 0 radical (unpaired) electrons. The van der Waals surface area contributed by atoms with Crippen LogP contribution in [0, 0.1) is 5.92 Å². The molecule has 3 rings (SSSR count). The number of hydrogen-bond acceptors (Lipinski definition) is 4. The average Bonchev–Trinajstić information content (AvgIpc) is 2.94. The van der Waals surface area contributed by atoms with Crippen molar-refractivity contribution in [3.05, 3.63) is 16.7 Å². The summed E-state index contributed by atoms with van der Waals surface area (Å²) >= 11 is 10.9. The summed E-state index contributed by atoms with van der Waals surface area (Å²) in [6.45, 7) is 0.685. The van der Waals surface area contributed by atoms with Crippen molar-refractivity contribution in [2.24, 2.45) is 5.92 Å². The van der Waals surface area contributed by atoms with Crippen molar-refractivity contribution >= 4 is 60.8 Å². The predicted molar refractivity (Wildman–Crippen MR) is 76.7 cm³/mol. The Morgan fingerprint density at radius 3 is 3.11 bits per heavy atom. The SMILES string of the molecule is O=C1CC(CBr)CN1c1nc(Cl)nc2ccsc12. The summed E-state index contributed by atoms with van der Waals surface area (Å²) < 4.78 is 0.919. The molecule has 94 valence electrons. The van der Waals surface area contributed by atoms with E-state index in [9.17, 15) is 4.79 Å². The first-order valence-electron chi connectivity index (χ1n) is 5.46. The topological polar surface area (TPSA) is 46.1 Å². The number of nitrogens with zero attached hydrogens (tertiary/aromatic N) is 3. The number of rotatable bonds is 2. The lowest BCUT2D eigenvalue weighted by molar-refractivity contribution is -0.117. The van der Waals surface area contributed by atoms with Crippen LogP contribution >= 0.6 is 38.9 Å². The van der Waals surface area contributed by atoms with E-state index in [0.29, 0.717) is 24.7 Å². The van der Waals surface area contributed by atoms with E-state index >= 15 is 0 Å². The van der Waals surface area contributed by atoms with Crippen molar-refractivity contribution in [1.29, 1.82) is 0 Å². The van der Waals surface area contributed by atoms with Crippen LogP contribution in [0.1, 0.15) is 6.42 Å². The molecule has 0 bridgehead atoms. The lowest BCUT2D eigenvalue weighted by Gasteiger charge is -2.15. The highest BCUT2D eigenvalue weighted by molar-refractivity contribution is 9.09. The summed E-state index contributed by atoms with van der Waals surface area (Å²) in [6.07, 6.45) is 0.555. The van der Waals surface area contributed by atoms with Crippen LogP contribution in [0.2, 0.25) is 5.28 Å². The number of halogens is 2. The molecule has 2 aromatic rings. The van der Waals surface area contributed by atoms with Gasteiger partial charge in [-0.25, -0.2) is 4.98 Å². The number of aromatic nitrogens is 2. The van der Waals surface area contributed by atoms with E-state index in [1.165, 1.54) is 11.3 Å². The second-order valence-corrected chi connectivity index (χ2v) is 6.08. The van der Waals surface area contributed by atoms with Gasteiger partial charge in [-0.05, 0) is 29.0 Å². The van der Waals surface area contributed by atoms with E-state index in [-0.39, 0.29) is 11.2 Å². The first kappa shape index (κ1) is 12.3. The third kappa shape index (κ3) is 2.02. The van der Waals surface area contributed by atoms with Crippen molar-refractivity contribution in [3.63, 3.8) is 0 Å². The van der Waals surface area contributed by atoms with Crippen LogP contribution in [0.3, 0.4) is 0 Å². The third-order valence-corrected chi connectivity index (χ3v) is 4.92. The van der Waals surface area contributed by atoms with Gasteiger partial charge in [0, 0.05) is 18.3 Å². The maximum atomic E-state index is 12.0. The zero-order valence-corrected chi connectivity index (χ0v) is 12.4. The minimum Gasteiger partial charge on any atom is -0.295 e. The predicted octanol–water partition coefficient (Wildman–Crippen LogP) is 3.09. The number of alkyl halides is 1. The normalized spacial score (nSPS) is 20.0. The zero-order valence-electron chi connectivity index (χ0n) is 9.27. The smallest absolute Gasteiger partial charge is 0.228 e. The highest BCUT2D eigenvalue weighted by atomic mass is 79.9. The molecule has 1 aliphatic rings. The highest BCUT2D eigenvalue weighted by Gasteiger charge is 2.32. The van der Waals surface area contributed by atoms with Crippen LogP contribution in [0.4, 0.5) is 5.82 Å². The van der Waals surface area contributed by atoms with Gasteiger partial charge in [-0.1, -0.05) is 15.9 Å². The molecule has 1 saturated heterocycles. The van der Waals surface area contributed by atoms with Gasteiger partial charge in [0.1, 0.15) is 0 Å². The minimum atomic E-state index is 0.101. The van der Waals surface area contributed by atoms with Crippen LogP contribution in [-0.4, -0.2) is 27.7 Å². The fraction of sp³-hybridized carbons (Fsp3) is 0.364. The molecule has 0 N–H and O–H groups in total. The molecule has 4 nitrogen and oxygen atoms in total. The Morgan fingerprint density at radius 1 is 1.56 bits per heavy atom. The molecule has 1 aliphatic heterocycles. The molecule has 1 amide bonds. The van der Waals surface area contributed by atoms with Gasteiger partial charge in [-0.15, -0.1) is 11.3 Å². The van der Waals surface area contributed by atoms with Crippen molar-refractivity contribution in [2.75, 3.05) is 16.8 Å². The van der Waals surface area contributed by atoms with E-state index < -0.39 is 0 Å². The minimum absolute atomic E-state index is 0.101. The van der Waals surface area contributed by atoms with Crippen LogP contribution in [0.5, 0.6) is 0 Å². The van der Waals surface area contributed by atoms with Gasteiger partial charge in [0.05, 0.1) is 10.2 Å². The molecular weight excluding hydrogens is 338 g/mol. The Hall–Kier alpha value is -0.720. The molecule has 0 saturated carbocycles. The van der Waals surface area contributed by atoms with Gasteiger partial charge >= 0.3 is 0 Å². The number of thiophene rings is 1. The standard InChI is InChI=1S/C11H9BrClN3OS/c12-4-6-3-8(17)16(5-6)10-9-7(1-2-18-9)14-11(13)15-10/h1-2,6H,3-5H2. The van der Waals surface area contributed by atoms with Crippen molar-refractivity contribution in [3.8, 4) is 0 Å². The van der Waals surface area contributed by atoms with Gasteiger partial charge in [0.2, 0.25) is 11.2 Å². The fourth-order valence-electron chi connectivity index (χ4n) is 2.09. The monoisotopic (exact) mass is 345 g/mol. The lowest BCUT2D eigenvalue weighted by atomic mass is 10.2. The number of carbonyl (C=O) groups excluding carboxylic acids is 1. The Labute approximate surface area is 121 Å². The summed E-state index contributed by atoms with van der Waals surface area (Å²) in [7, 11) is 0. The van der Waals surface area contributed by atoms with Gasteiger partial charge in [-0.3, -0.25) is 9.69 Å². The Kier molecular flexibility index (Phi) is 3.25.